The third kappa shape index (κ3) is 15.5. The van der Waals surface area contributed by atoms with Gasteiger partial charge in [0, 0.05) is 0 Å². The van der Waals surface area contributed by atoms with Crippen molar-refractivity contribution in [1.29, 1.82) is 0 Å². The topological polar surface area (TPSA) is 140 Å². The molecule has 1 rings (SSSR count). The van der Waals surface area contributed by atoms with Crippen molar-refractivity contribution in [1.82, 2.24) is 0 Å². The van der Waals surface area contributed by atoms with Gasteiger partial charge < -0.3 is 29.4 Å². The maximum Gasteiger partial charge on any atom is 0.508 e. The highest BCUT2D eigenvalue weighted by molar-refractivity contribution is 5.78. The van der Waals surface area contributed by atoms with Gasteiger partial charge in [-0.05, 0) is 54.2 Å². The number of benzene rings is 1. The van der Waals surface area contributed by atoms with Crippen LogP contribution in [0.25, 0.3) is 0 Å². The molecule has 0 bridgehead atoms. The number of hydrogen-bond acceptors (Lipinski definition) is 10. The fourth-order valence-corrected chi connectivity index (χ4v) is 3.28. The Bertz CT molecular complexity index is 1010. The molecule has 10 nitrogen and oxygen atoms in total. The summed E-state index contributed by atoms with van der Waals surface area (Å²) in [6, 6.07) is 3.62. The fourth-order valence-electron chi connectivity index (χ4n) is 3.28. The first kappa shape index (κ1) is 34.9. The molecule has 0 heterocycles. The van der Waals surface area contributed by atoms with Crippen molar-refractivity contribution < 1.29 is 42.9 Å². The molecule has 0 saturated heterocycles. The molecule has 2 atom stereocenters. The number of rotatable bonds is 13. The Labute approximate surface area is 238 Å². The molecule has 0 aliphatic rings. The lowest BCUT2D eigenvalue weighted by atomic mass is 9.92. The van der Waals surface area contributed by atoms with E-state index in [1.54, 1.807) is 13.0 Å². The van der Waals surface area contributed by atoms with E-state index < -0.39 is 36.2 Å². The largest absolute Gasteiger partial charge is 0.508 e. The van der Waals surface area contributed by atoms with Crippen LogP contribution in [0.5, 0.6) is 11.5 Å². The average Bonchev–Trinajstić information content (AvgIpc) is 2.76. The summed E-state index contributed by atoms with van der Waals surface area (Å²) in [5.74, 6) is -1.10. The van der Waals surface area contributed by atoms with E-state index in [4.69, 9.17) is 29.4 Å². The van der Waals surface area contributed by atoms with Crippen LogP contribution in [0.1, 0.15) is 87.1 Å². The van der Waals surface area contributed by atoms with Gasteiger partial charge in [-0.15, -0.1) is 0 Å². The maximum atomic E-state index is 12.5. The van der Waals surface area contributed by atoms with Gasteiger partial charge in [0.1, 0.15) is 18.8 Å². The van der Waals surface area contributed by atoms with Crippen LogP contribution in [0, 0.1) is 16.7 Å². The normalized spacial score (nSPS) is 13.3. The van der Waals surface area contributed by atoms with E-state index in [0.29, 0.717) is 17.9 Å². The molecule has 1 aromatic rings. The lowest BCUT2D eigenvalue weighted by Gasteiger charge is -2.20. The Kier molecular flexibility index (Phi) is 13.6. The summed E-state index contributed by atoms with van der Waals surface area (Å²) in [5.41, 5.74) is 6.02. The second-order valence-corrected chi connectivity index (χ2v) is 12.9. The number of nitrogens with two attached hydrogens (primary N) is 1. The number of carbonyl (C=O) groups excluding carboxylic acids is 4. The highest BCUT2D eigenvalue weighted by Crippen LogP contribution is 2.32. The molecule has 0 aromatic heterocycles. The van der Waals surface area contributed by atoms with E-state index in [1.807, 2.05) is 55.4 Å². The summed E-state index contributed by atoms with van der Waals surface area (Å²) in [6.45, 7) is 17.1. The predicted octanol–water partition coefficient (Wildman–Crippen LogP) is 5.37. The summed E-state index contributed by atoms with van der Waals surface area (Å²) >= 11 is 0. The van der Waals surface area contributed by atoms with Crippen LogP contribution in [0.4, 0.5) is 4.79 Å². The smallest absolute Gasteiger partial charge is 0.461 e. The molecule has 0 amide bonds. The summed E-state index contributed by atoms with van der Waals surface area (Å²) in [7, 11) is 0. The molecule has 0 aliphatic carbocycles. The Balaban J connectivity index is 2.84. The molecule has 226 valence electrons. The third-order valence-corrected chi connectivity index (χ3v) is 5.24. The van der Waals surface area contributed by atoms with Crippen LogP contribution in [-0.2, 0) is 35.0 Å². The van der Waals surface area contributed by atoms with Crippen molar-refractivity contribution >= 4 is 24.1 Å². The highest BCUT2D eigenvalue weighted by Gasteiger charge is 2.24. The molecule has 0 fully saturated rings. The summed E-state index contributed by atoms with van der Waals surface area (Å²) in [6.07, 6.45) is -0.469. The number of ether oxygens (including phenoxy) is 5. The van der Waals surface area contributed by atoms with Crippen molar-refractivity contribution in [2.45, 2.75) is 100 Å². The molecule has 0 aliphatic heterocycles. The second kappa shape index (κ2) is 15.6. The zero-order valence-electron chi connectivity index (χ0n) is 25.5. The molecule has 0 spiro atoms. The maximum absolute atomic E-state index is 12.5. The fraction of sp³-hybridized carbons (Fsp3) is 0.667. The van der Waals surface area contributed by atoms with Gasteiger partial charge in [-0.2, -0.15) is 0 Å². The molecule has 0 radical (unpaired) electrons. The van der Waals surface area contributed by atoms with Gasteiger partial charge >= 0.3 is 24.1 Å². The second-order valence-electron chi connectivity index (χ2n) is 12.9. The van der Waals surface area contributed by atoms with Crippen LogP contribution in [0.3, 0.4) is 0 Å². The van der Waals surface area contributed by atoms with Crippen LogP contribution in [-0.4, -0.2) is 49.4 Å². The Morgan fingerprint density at radius 3 is 1.90 bits per heavy atom. The summed E-state index contributed by atoms with van der Waals surface area (Å²) < 4.78 is 26.3. The van der Waals surface area contributed by atoms with Crippen LogP contribution >= 0.6 is 0 Å². The minimum absolute atomic E-state index is 0.0609. The number of carbonyl (C=O) groups is 4. The third-order valence-electron chi connectivity index (χ3n) is 5.24. The first-order chi connectivity index (χ1) is 18.3. The van der Waals surface area contributed by atoms with E-state index >= 15 is 0 Å². The van der Waals surface area contributed by atoms with E-state index in [-0.39, 0.29) is 54.8 Å². The molecular formula is C30H47NO9. The Hall–Kier alpha value is -3.14. The highest BCUT2D eigenvalue weighted by atomic mass is 16.7. The first-order valence-electron chi connectivity index (χ1n) is 13.6. The van der Waals surface area contributed by atoms with Crippen LogP contribution in [0.15, 0.2) is 18.2 Å². The zero-order chi connectivity index (χ0) is 30.7. The van der Waals surface area contributed by atoms with Gasteiger partial charge in [-0.3, -0.25) is 14.4 Å². The van der Waals surface area contributed by atoms with Crippen molar-refractivity contribution in [2.24, 2.45) is 22.5 Å². The van der Waals surface area contributed by atoms with Gasteiger partial charge in [0.05, 0.1) is 19.4 Å². The molecule has 0 unspecified atom stereocenters. The monoisotopic (exact) mass is 565 g/mol. The predicted molar refractivity (Wildman–Crippen MR) is 150 cm³/mol. The molecule has 0 saturated carbocycles. The average molecular weight is 566 g/mol. The van der Waals surface area contributed by atoms with Crippen molar-refractivity contribution in [3.8, 4) is 11.5 Å². The molecule has 1 aromatic carbocycles. The van der Waals surface area contributed by atoms with Crippen LogP contribution in [0.2, 0.25) is 0 Å². The Morgan fingerprint density at radius 2 is 1.38 bits per heavy atom. The van der Waals surface area contributed by atoms with E-state index in [2.05, 4.69) is 0 Å². The minimum atomic E-state index is -1.04. The molecule has 40 heavy (non-hydrogen) atoms. The van der Waals surface area contributed by atoms with Crippen molar-refractivity contribution in [3.63, 3.8) is 0 Å². The van der Waals surface area contributed by atoms with Crippen LogP contribution < -0.4 is 15.2 Å². The van der Waals surface area contributed by atoms with Gasteiger partial charge in [0.2, 0.25) is 0 Å². The van der Waals surface area contributed by atoms with Gasteiger partial charge in [0.15, 0.2) is 11.5 Å². The van der Waals surface area contributed by atoms with E-state index in [1.165, 1.54) is 12.1 Å². The number of hydrogen-bond donors (Lipinski definition) is 1. The zero-order valence-corrected chi connectivity index (χ0v) is 25.5. The summed E-state index contributed by atoms with van der Waals surface area (Å²) in [4.78, 5) is 49.2. The Morgan fingerprint density at radius 1 is 0.825 bits per heavy atom. The first-order valence-corrected chi connectivity index (χ1v) is 13.6. The lowest BCUT2D eigenvalue weighted by molar-refractivity contribution is -0.148. The lowest BCUT2D eigenvalue weighted by Crippen LogP contribution is -2.36. The van der Waals surface area contributed by atoms with E-state index in [0.717, 1.165) is 0 Å². The molecule has 2 N–H and O–H groups in total. The van der Waals surface area contributed by atoms with Crippen molar-refractivity contribution in [3.05, 3.63) is 23.8 Å². The summed E-state index contributed by atoms with van der Waals surface area (Å²) in [5, 5.41) is 0. The van der Waals surface area contributed by atoms with Gasteiger partial charge in [-0.1, -0.05) is 61.5 Å². The molecular weight excluding hydrogens is 518 g/mol. The SMILES string of the molecule is CC(C)CCOC(=O)O[C@@H](C)COC(=O)[C@@H](N)Cc1ccc(OC(=O)CC(C)(C)C)c(OC(=O)CC(C)(C)C)c1. The van der Waals surface area contributed by atoms with Crippen molar-refractivity contribution in [2.75, 3.05) is 13.2 Å². The van der Waals surface area contributed by atoms with E-state index in [9.17, 15) is 19.2 Å². The van der Waals surface area contributed by atoms with Gasteiger partial charge in [-0.25, -0.2) is 4.79 Å². The molecule has 10 heteroatoms. The van der Waals surface area contributed by atoms with Gasteiger partial charge in [0.25, 0.3) is 0 Å². The quantitative estimate of drug-likeness (QED) is 0.245. The minimum Gasteiger partial charge on any atom is -0.461 e. The standard InChI is InChI=1S/C30H47NO9/c1-19(2)12-13-36-28(35)38-20(3)18-37-27(34)22(31)14-21-10-11-23(39-25(32)16-29(4,5)6)24(15-21)40-26(33)17-30(7,8)9/h10-11,15,19-20,22H,12-14,16-18,31H2,1-9H3/t20-,22-/m0/s1. The number of esters is 3.